The highest BCUT2D eigenvalue weighted by Crippen LogP contribution is 2.04. The molecule has 0 spiro atoms. The van der Waals surface area contributed by atoms with Gasteiger partial charge in [0.1, 0.15) is 5.76 Å². The van der Waals surface area contributed by atoms with Gasteiger partial charge in [-0.1, -0.05) is 19.8 Å². The fraction of sp³-hybridized carbons (Fsp3) is 0.583. The van der Waals surface area contributed by atoms with E-state index < -0.39 is 0 Å². The molecule has 1 rings (SSSR count). The second kappa shape index (κ2) is 7.10. The molecule has 0 aromatic carbocycles. The molecule has 84 valence electrons. The lowest BCUT2D eigenvalue weighted by Crippen LogP contribution is -2.06. The van der Waals surface area contributed by atoms with Crippen LogP contribution in [0.1, 0.15) is 38.4 Å². The Morgan fingerprint density at radius 2 is 2.33 bits per heavy atom. The molecule has 15 heavy (non-hydrogen) atoms. The summed E-state index contributed by atoms with van der Waals surface area (Å²) in [6.07, 6.45) is 5.86. The number of carbonyl (C=O) groups excluding carboxylic acids is 1. The van der Waals surface area contributed by atoms with Crippen molar-refractivity contribution in [2.45, 2.75) is 39.0 Å². The molecule has 1 heterocycles. The molecule has 0 bridgehead atoms. The van der Waals surface area contributed by atoms with Gasteiger partial charge < -0.3 is 9.15 Å². The summed E-state index contributed by atoms with van der Waals surface area (Å²) >= 11 is 0. The standard InChI is InChI=1S/C12H18O3/c1-2-3-4-9-15-12(13)8-7-11-6-5-10-14-11/h5-6,10H,2-4,7-9H2,1H3. The Morgan fingerprint density at radius 3 is 3.00 bits per heavy atom. The molecule has 0 atom stereocenters. The van der Waals surface area contributed by atoms with Crippen LogP contribution in [0.5, 0.6) is 0 Å². The molecular formula is C12H18O3. The van der Waals surface area contributed by atoms with Gasteiger partial charge in [-0.2, -0.15) is 0 Å². The van der Waals surface area contributed by atoms with Gasteiger partial charge in [-0.25, -0.2) is 0 Å². The van der Waals surface area contributed by atoms with Gasteiger partial charge in [0.05, 0.1) is 19.3 Å². The topological polar surface area (TPSA) is 39.4 Å². The first-order valence-electron chi connectivity index (χ1n) is 5.51. The normalized spacial score (nSPS) is 10.2. The zero-order valence-electron chi connectivity index (χ0n) is 9.20. The molecule has 0 unspecified atom stereocenters. The van der Waals surface area contributed by atoms with Crippen LogP contribution in [-0.2, 0) is 16.0 Å². The zero-order chi connectivity index (χ0) is 10.9. The van der Waals surface area contributed by atoms with Crippen molar-refractivity contribution in [1.82, 2.24) is 0 Å². The van der Waals surface area contributed by atoms with E-state index in [9.17, 15) is 4.79 Å². The molecule has 0 saturated heterocycles. The second-order valence-corrected chi connectivity index (χ2v) is 3.51. The minimum Gasteiger partial charge on any atom is -0.469 e. The number of aryl methyl sites for hydroxylation is 1. The summed E-state index contributed by atoms with van der Waals surface area (Å²) in [6, 6.07) is 3.69. The predicted molar refractivity (Wildman–Crippen MR) is 57.5 cm³/mol. The lowest BCUT2D eigenvalue weighted by Gasteiger charge is -2.02. The van der Waals surface area contributed by atoms with Gasteiger partial charge in [0.2, 0.25) is 0 Å². The molecule has 0 radical (unpaired) electrons. The molecule has 0 aliphatic rings. The van der Waals surface area contributed by atoms with Crippen LogP contribution in [0.2, 0.25) is 0 Å². The fourth-order valence-electron chi connectivity index (χ4n) is 1.29. The van der Waals surface area contributed by atoms with E-state index in [4.69, 9.17) is 9.15 Å². The number of rotatable bonds is 7. The van der Waals surface area contributed by atoms with Gasteiger partial charge in [-0.15, -0.1) is 0 Å². The molecule has 0 saturated carbocycles. The molecular weight excluding hydrogens is 192 g/mol. The van der Waals surface area contributed by atoms with Gasteiger partial charge in [-0.3, -0.25) is 4.79 Å². The highest BCUT2D eigenvalue weighted by Gasteiger charge is 2.04. The number of carbonyl (C=O) groups is 1. The maximum Gasteiger partial charge on any atom is 0.306 e. The summed E-state index contributed by atoms with van der Waals surface area (Å²) in [5.41, 5.74) is 0. The van der Waals surface area contributed by atoms with Crippen molar-refractivity contribution in [3.05, 3.63) is 24.2 Å². The van der Waals surface area contributed by atoms with Crippen molar-refractivity contribution < 1.29 is 13.9 Å². The van der Waals surface area contributed by atoms with Crippen LogP contribution in [0.25, 0.3) is 0 Å². The Kier molecular flexibility index (Phi) is 5.59. The second-order valence-electron chi connectivity index (χ2n) is 3.51. The highest BCUT2D eigenvalue weighted by molar-refractivity contribution is 5.69. The van der Waals surface area contributed by atoms with Crippen LogP contribution < -0.4 is 0 Å². The molecule has 0 fully saturated rings. The lowest BCUT2D eigenvalue weighted by atomic mass is 10.2. The molecule has 0 N–H and O–H groups in total. The van der Waals surface area contributed by atoms with Crippen LogP contribution in [-0.4, -0.2) is 12.6 Å². The van der Waals surface area contributed by atoms with Crippen molar-refractivity contribution in [2.24, 2.45) is 0 Å². The van der Waals surface area contributed by atoms with Gasteiger partial charge in [-0.05, 0) is 18.6 Å². The van der Waals surface area contributed by atoms with E-state index in [1.165, 1.54) is 0 Å². The van der Waals surface area contributed by atoms with Crippen molar-refractivity contribution in [3.63, 3.8) is 0 Å². The maximum absolute atomic E-state index is 11.2. The SMILES string of the molecule is CCCCCOC(=O)CCc1ccco1. The minimum absolute atomic E-state index is 0.137. The Bertz CT molecular complexity index is 264. The van der Waals surface area contributed by atoms with Crippen molar-refractivity contribution in [2.75, 3.05) is 6.61 Å². The van der Waals surface area contributed by atoms with Gasteiger partial charge >= 0.3 is 5.97 Å². The first-order chi connectivity index (χ1) is 7.33. The van der Waals surface area contributed by atoms with Crippen molar-refractivity contribution >= 4 is 5.97 Å². The number of ether oxygens (including phenoxy) is 1. The third-order valence-electron chi connectivity index (χ3n) is 2.17. The Hall–Kier alpha value is -1.25. The largest absolute Gasteiger partial charge is 0.469 e. The Morgan fingerprint density at radius 1 is 1.47 bits per heavy atom. The molecule has 3 heteroatoms. The lowest BCUT2D eigenvalue weighted by molar-refractivity contribution is -0.143. The first kappa shape index (κ1) is 11.8. The third kappa shape index (κ3) is 5.25. The first-order valence-corrected chi connectivity index (χ1v) is 5.51. The predicted octanol–water partition coefficient (Wildman–Crippen LogP) is 2.95. The molecule has 3 nitrogen and oxygen atoms in total. The number of furan rings is 1. The molecule has 0 amide bonds. The van der Waals surface area contributed by atoms with E-state index in [0.717, 1.165) is 25.0 Å². The van der Waals surface area contributed by atoms with E-state index in [1.807, 2.05) is 12.1 Å². The molecule has 0 aliphatic heterocycles. The van der Waals surface area contributed by atoms with Gasteiger partial charge in [0.15, 0.2) is 0 Å². The summed E-state index contributed by atoms with van der Waals surface area (Å²) in [6.45, 7) is 2.67. The minimum atomic E-state index is -0.137. The van der Waals surface area contributed by atoms with Crippen molar-refractivity contribution in [3.8, 4) is 0 Å². The van der Waals surface area contributed by atoms with E-state index in [1.54, 1.807) is 6.26 Å². The number of hydrogen-bond acceptors (Lipinski definition) is 3. The zero-order valence-corrected chi connectivity index (χ0v) is 9.20. The quantitative estimate of drug-likeness (QED) is 0.513. The van der Waals surface area contributed by atoms with Crippen molar-refractivity contribution in [1.29, 1.82) is 0 Å². The smallest absolute Gasteiger partial charge is 0.306 e. The van der Waals surface area contributed by atoms with Crippen LogP contribution in [0.3, 0.4) is 0 Å². The van der Waals surface area contributed by atoms with E-state index in [0.29, 0.717) is 19.4 Å². The van der Waals surface area contributed by atoms with Crippen LogP contribution in [0.4, 0.5) is 0 Å². The number of hydrogen-bond donors (Lipinski definition) is 0. The average Bonchev–Trinajstić information content (AvgIpc) is 2.74. The van der Waals surface area contributed by atoms with E-state index in [-0.39, 0.29) is 5.97 Å². The van der Waals surface area contributed by atoms with E-state index in [2.05, 4.69) is 6.92 Å². The molecule has 1 aromatic heterocycles. The summed E-state index contributed by atoms with van der Waals surface area (Å²) < 4.78 is 10.2. The summed E-state index contributed by atoms with van der Waals surface area (Å²) in [4.78, 5) is 11.2. The summed E-state index contributed by atoms with van der Waals surface area (Å²) in [5.74, 6) is 0.697. The number of unbranched alkanes of at least 4 members (excludes halogenated alkanes) is 2. The Labute approximate surface area is 90.4 Å². The maximum atomic E-state index is 11.2. The van der Waals surface area contributed by atoms with Gasteiger partial charge in [0.25, 0.3) is 0 Å². The molecule has 1 aromatic rings. The van der Waals surface area contributed by atoms with Gasteiger partial charge in [0, 0.05) is 6.42 Å². The third-order valence-corrected chi connectivity index (χ3v) is 2.17. The molecule has 0 aliphatic carbocycles. The Balaban J connectivity index is 2.04. The van der Waals surface area contributed by atoms with Crippen LogP contribution in [0, 0.1) is 0 Å². The number of esters is 1. The highest BCUT2D eigenvalue weighted by atomic mass is 16.5. The summed E-state index contributed by atoms with van der Waals surface area (Å²) in [5, 5.41) is 0. The van der Waals surface area contributed by atoms with E-state index >= 15 is 0 Å². The monoisotopic (exact) mass is 210 g/mol. The van der Waals surface area contributed by atoms with Crippen LogP contribution >= 0.6 is 0 Å². The summed E-state index contributed by atoms with van der Waals surface area (Å²) in [7, 11) is 0. The van der Waals surface area contributed by atoms with Crippen LogP contribution in [0.15, 0.2) is 22.8 Å². The fourth-order valence-corrected chi connectivity index (χ4v) is 1.29. The average molecular weight is 210 g/mol.